The molecule has 0 radical (unpaired) electrons. The molecule has 1 aliphatic carbocycles. The van der Waals surface area contributed by atoms with Crippen LogP contribution in [0, 0.1) is 11.8 Å². The molecular formula is C36H55N7O5S2. The number of para-hydroxylation sites is 1. The number of benzene rings is 2. The first-order chi connectivity index (χ1) is 24.0. The van der Waals surface area contributed by atoms with Crippen LogP contribution in [0.5, 0.6) is 0 Å². The number of nitrogens with zero attached hydrogens (tertiary/aromatic N) is 7. The molecule has 0 amide bonds. The molecule has 50 heavy (non-hydrogen) atoms. The van der Waals surface area contributed by atoms with Gasteiger partial charge in [-0.05, 0) is 87.0 Å². The zero-order valence-corrected chi connectivity index (χ0v) is 31.6. The largest absolute Gasteiger partial charge is 0.443 e. The minimum atomic E-state index is -3.79. The van der Waals surface area contributed by atoms with Gasteiger partial charge in [0.15, 0.2) is 12.0 Å². The van der Waals surface area contributed by atoms with E-state index in [1.54, 1.807) is 25.0 Å². The molecule has 3 fully saturated rings. The Balaban J connectivity index is 1.20. The van der Waals surface area contributed by atoms with Gasteiger partial charge in [0.1, 0.15) is 5.52 Å². The third-order valence-electron chi connectivity index (χ3n) is 10.6. The maximum atomic E-state index is 14.4. The van der Waals surface area contributed by atoms with E-state index >= 15 is 0 Å². The van der Waals surface area contributed by atoms with Crippen molar-refractivity contribution < 1.29 is 21.3 Å². The molecule has 3 aromatic rings. The van der Waals surface area contributed by atoms with Gasteiger partial charge >= 0.3 is 0 Å². The van der Waals surface area contributed by atoms with Crippen LogP contribution in [0.2, 0.25) is 0 Å². The highest BCUT2D eigenvalue weighted by atomic mass is 32.2. The maximum Gasteiger partial charge on any atom is 0.282 e. The van der Waals surface area contributed by atoms with Crippen LogP contribution in [0.15, 0.2) is 58.2 Å². The van der Waals surface area contributed by atoms with Crippen LogP contribution in [0.4, 0.5) is 11.4 Å². The maximum absolute atomic E-state index is 14.4. The molecule has 2 aliphatic heterocycles. The van der Waals surface area contributed by atoms with Crippen molar-refractivity contribution in [2.24, 2.45) is 11.8 Å². The standard InChI is InChI=1S/C36H55N7O5S2/c1-30-26-42(49(44,45)33-16-14-32(15-17-33)38(2)3)20-8-18-39(28-31-10-5-4-6-11-31)19-9-21-43(27-30)50(46,47)41-24-22-40(23-25-41)34-12-7-13-35-36(34)37-29-48-35/h7,12-17,29-31H,4-6,8-11,18-28H2,1-3H3/t30-/m0/s1. The van der Waals surface area contributed by atoms with Crippen LogP contribution < -0.4 is 9.80 Å². The van der Waals surface area contributed by atoms with Gasteiger partial charge in [0.25, 0.3) is 10.2 Å². The van der Waals surface area contributed by atoms with E-state index in [0.717, 1.165) is 49.4 Å². The zero-order chi connectivity index (χ0) is 35.3. The number of hydrogen-bond acceptors (Lipinski definition) is 9. The molecule has 0 bridgehead atoms. The first-order valence-electron chi connectivity index (χ1n) is 18.3. The second kappa shape index (κ2) is 16.3. The number of rotatable bonds is 8. The molecule has 0 spiro atoms. The molecule has 14 heteroatoms. The van der Waals surface area contributed by atoms with Crippen molar-refractivity contribution in [3.8, 4) is 0 Å². The van der Waals surface area contributed by atoms with E-state index in [-0.39, 0.29) is 23.9 Å². The van der Waals surface area contributed by atoms with Crippen LogP contribution in [-0.4, -0.2) is 126 Å². The lowest BCUT2D eigenvalue weighted by Gasteiger charge is -2.39. The molecule has 12 nitrogen and oxygen atoms in total. The zero-order valence-electron chi connectivity index (χ0n) is 30.0. The summed E-state index contributed by atoms with van der Waals surface area (Å²) in [5.41, 5.74) is 3.38. The van der Waals surface area contributed by atoms with Gasteiger partial charge in [-0.25, -0.2) is 13.4 Å². The molecule has 6 rings (SSSR count). The first-order valence-corrected chi connectivity index (χ1v) is 21.2. The summed E-state index contributed by atoms with van der Waals surface area (Å²) in [7, 11) is -3.72. The molecule has 0 N–H and O–H groups in total. The molecule has 3 aliphatic rings. The molecule has 2 saturated heterocycles. The number of piperazine rings is 1. The molecule has 3 heterocycles. The summed E-state index contributed by atoms with van der Waals surface area (Å²) < 4.78 is 67.3. The molecule has 1 saturated carbocycles. The Hall–Kier alpha value is -2.75. The fourth-order valence-electron chi connectivity index (χ4n) is 7.85. The molecule has 276 valence electrons. The average Bonchev–Trinajstić information content (AvgIpc) is 3.60. The van der Waals surface area contributed by atoms with Gasteiger partial charge in [-0.15, -0.1) is 0 Å². The summed E-state index contributed by atoms with van der Waals surface area (Å²) in [5, 5.41) is 0. The minimum Gasteiger partial charge on any atom is -0.443 e. The number of anilines is 2. The molecule has 2 aromatic carbocycles. The average molecular weight is 730 g/mol. The Morgan fingerprint density at radius 2 is 1.42 bits per heavy atom. The van der Waals surface area contributed by atoms with Crippen LogP contribution >= 0.6 is 0 Å². The van der Waals surface area contributed by atoms with Gasteiger partial charge in [0.2, 0.25) is 10.0 Å². The van der Waals surface area contributed by atoms with Crippen LogP contribution in [-0.2, 0) is 20.2 Å². The minimum absolute atomic E-state index is 0.204. The van der Waals surface area contributed by atoms with Crippen molar-refractivity contribution in [2.45, 2.75) is 56.8 Å². The van der Waals surface area contributed by atoms with Gasteiger partial charge in [-0.2, -0.15) is 21.3 Å². The van der Waals surface area contributed by atoms with E-state index < -0.39 is 20.2 Å². The van der Waals surface area contributed by atoms with Crippen LogP contribution in [0.3, 0.4) is 0 Å². The van der Waals surface area contributed by atoms with Gasteiger partial charge < -0.3 is 19.1 Å². The molecule has 1 atom stereocenters. The van der Waals surface area contributed by atoms with Crippen molar-refractivity contribution in [3.05, 3.63) is 48.9 Å². The number of oxazole rings is 1. The second-order valence-electron chi connectivity index (χ2n) is 14.6. The third kappa shape index (κ3) is 8.64. The summed E-state index contributed by atoms with van der Waals surface area (Å²) in [6.45, 7) is 7.68. The Morgan fingerprint density at radius 1 is 0.760 bits per heavy atom. The molecular weight excluding hydrogens is 675 g/mol. The van der Waals surface area contributed by atoms with Crippen molar-refractivity contribution in [3.63, 3.8) is 0 Å². The summed E-state index contributed by atoms with van der Waals surface area (Å²) in [4.78, 5) is 11.2. The number of fused-ring (bicyclic) bond motifs is 1. The summed E-state index contributed by atoms with van der Waals surface area (Å²) in [6, 6.07) is 12.8. The highest BCUT2D eigenvalue weighted by Crippen LogP contribution is 2.29. The third-order valence-corrected chi connectivity index (χ3v) is 14.5. The smallest absolute Gasteiger partial charge is 0.282 e. The molecule has 0 unspecified atom stereocenters. The lowest BCUT2D eigenvalue weighted by molar-refractivity contribution is 0.179. The van der Waals surface area contributed by atoms with Gasteiger partial charge in [-0.1, -0.05) is 32.3 Å². The van der Waals surface area contributed by atoms with Crippen molar-refractivity contribution >= 4 is 42.7 Å². The fourth-order valence-corrected chi connectivity index (χ4v) is 11.2. The lowest BCUT2D eigenvalue weighted by atomic mass is 9.89. The SMILES string of the molecule is C[C@H]1CN(S(=O)(=O)c2ccc(N(C)C)cc2)CCCN(CC2CCCCC2)CCCN(S(=O)(=O)N2CCN(c3cccc4ocnc34)CC2)C1. The monoisotopic (exact) mass is 729 g/mol. The van der Waals surface area contributed by atoms with E-state index in [4.69, 9.17) is 4.42 Å². The topological polar surface area (TPSA) is 114 Å². The quantitative estimate of drug-likeness (QED) is 0.329. The van der Waals surface area contributed by atoms with E-state index in [2.05, 4.69) is 14.8 Å². The summed E-state index contributed by atoms with van der Waals surface area (Å²) >= 11 is 0. The second-order valence-corrected chi connectivity index (χ2v) is 18.5. The van der Waals surface area contributed by atoms with E-state index in [1.807, 2.05) is 56.3 Å². The van der Waals surface area contributed by atoms with E-state index in [9.17, 15) is 16.8 Å². The van der Waals surface area contributed by atoms with Crippen LogP contribution in [0.1, 0.15) is 51.9 Å². The van der Waals surface area contributed by atoms with Crippen LogP contribution in [0.25, 0.3) is 11.1 Å². The summed E-state index contributed by atoms with van der Waals surface area (Å²) in [5.74, 6) is 0.440. The highest BCUT2D eigenvalue weighted by Gasteiger charge is 2.35. The highest BCUT2D eigenvalue weighted by molar-refractivity contribution is 7.89. The Kier molecular flexibility index (Phi) is 12.1. The lowest BCUT2D eigenvalue weighted by Crippen LogP contribution is -2.54. The Labute approximate surface area is 299 Å². The van der Waals surface area contributed by atoms with Crippen molar-refractivity contribution in [2.75, 3.05) is 95.9 Å². The van der Waals surface area contributed by atoms with Gasteiger partial charge in [0.05, 0.1) is 10.6 Å². The summed E-state index contributed by atoms with van der Waals surface area (Å²) in [6.07, 6.45) is 9.22. The van der Waals surface area contributed by atoms with Crippen molar-refractivity contribution in [1.29, 1.82) is 0 Å². The molecule has 1 aromatic heterocycles. The van der Waals surface area contributed by atoms with Crippen molar-refractivity contribution in [1.82, 2.24) is 22.8 Å². The fraction of sp³-hybridized carbons (Fsp3) is 0.639. The predicted octanol–water partition coefficient (Wildman–Crippen LogP) is 4.57. The Morgan fingerprint density at radius 3 is 2.10 bits per heavy atom. The number of aromatic nitrogens is 1. The predicted molar refractivity (Wildman–Crippen MR) is 199 cm³/mol. The van der Waals surface area contributed by atoms with Gasteiger partial charge in [-0.3, -0.25) is 0 Å². The Bertz CT molecular complexity index is 1750. The number of sulfonamides is 1. The number of hydrogen-bond donors (Lipinski definition) is 0. The van der Waals surface area contributed by atoms with E-state index in [0.29, 0.717) is 50.8 Å². The first kappa shape index (κ1) is 37.0. The van der Waals surface area contributed by atoms with E-state index in [1.165, 1.54) is 38.5 Å². The van der Waals surface area contributed by atoms with Gasteiger partial charge in [0, 0.05) is 78.7 Å². The normalized spacial score (nSPS) is 22.7.